The normalized spacial score (nSPS) is 11.3. The predicted octanol–water partition coefficient (Wildman–Crippen LogP) is 4.41. The number of hydrogen-bond acceptors (Lipinski definition) is 2. The summed E-state index contributed by atoms with van der Waals surface area (Å²) in [5, 5.41) is 8.98. The number of halogens is 1. The van der Waals surface area contributed by atoms with E-state index in [2.05, 4.69) is 41.6 Å². The second-order valence-electron chi connectivity index (χ2n) is 5.12. The van der Waals surface area contributed by atoms with Gasteiger partial charge in [-0.2, -0.15) is 0 Å². The van der Waals surface area contributed by atoms with E-state index in [1.165, 1.54) is 12.8 Å². The van der Waals surface area contributed by atoms with Crippen LogP contribution in [-0.2, 0) is 6.54 Å². The molecule has 1 aromatic rings. The Kier molecular flexibility index (Phi) is 7.24. The van der Waals surface area contributed by atoms with Gasteiger partial charge in [-0.25, -0.2) is 4.79 Å². The van der Waals surface area contributed by atoms with E-state index in [1.807, 2.05) is 6.07 Å². The third kappa shape index (κ3) is 4.91. The molecule has 0 spiro atoms. The third-order valence-electron chi connectivity index (χ3n) is 3.81. The van der Waals surface area contributed by atoms with Gasteiger partial charge in [0, 0.05) is 17.6 Å². The molecule has 0 unspecified atom stereocenters. The van der Waals surface area contributed by atoms with Crippen LogP contribution in [0.1, 0.15) is 49.5 Å². The Morgan fingerprint density at radius 1 is 1.30 bits per heavy atom. The van der Waals surface area contributed by atoms with Crippen LogP contribution < -0.4 is 0 Å². The summed E-state index contributed by atoms with van der Waals surface area (Å²) >= 11 is 3.48. The molecular formula is C16H24BrNO2. The number of benzene rings is 1. The molecule has 0 bridgehead atoms. The quantitative estimate of drug-likeness (QED) is 0.761. The van der Waals surface area contributed by atoms with Crippen molar-refractivity contribution in [1.82, 2.24) is 4.90 Å². The largest absolute Gasteiger partial charge is 0.478 e. The van der Waals surface area contributed by atoms with Gasteiger partial charge in [0.2, 0.25) is 0 Å². The zero-order chi connectivity index (χ0) is 15.1. The van der Waals surface area contributed by atoms with E-state index in [1.54, 1.807) is 12.1 Å². The van der Waals surface area contributed by atoms with Crippen molar-refractivity contribution in [3.05, 3.63) is 33.8 Å². The van der Waals surface area contributed by atoms with Crippen molar-refractivity contribution >= 4 is 21.9 Å². The molecule has 0 aromatic heterocycles. The smallest absolute Gasteiger partial charge is 0.335 e. The molecule has 1 aromatic carbocycles. The van der Waals surface area contributed by atoms with Gasteiger partial charge in [-0.15, -0.1) is 0 Å². The lowest BCUT2D eigenvalue weighted by atomic mass is 10.0. The van der Waals surface area contributed by atoms with Crippen molar-refractivity contribution in [2.45, 2.75) is 40.2 Å². The Bertz CT molecular complexity index is 444. The molecular weight excluding hydrogens is 318 g/mol. The fourth-order valence-electron chi connectivity index (χ4n) is 2.27. The number of carbonyl (C=O) groups is 1. The van der Waals surface area contributed by atoms with Gasteiger partial charge in [0.1, 0.15) is 0 Å². The van der Waals surface area contributed by atoms with Gasteiger partial charge in [-0.3, -0.25) is 4.90 Å². The summed E-state index contributed by atoms with van der Waals surface area (Å²) in [6.07, 6.45) is 2.40. The lowest BCUT2D eigenvalue weighted by Gasteiger charge is -2.25. The maximum absolute atomic E-state index is 10.9. The average molecular weight is 342 g/mol. The van der Waals surface area contributed by atoms with Crippen LogP contribution in [0.25, 0.3) is 0 Å². The molecule has 0 atom stereocenters. The van der Waals surface area contributed by atoms with E-state index in [-0.39, 0.29) is 0 Å². The first-order valence-electron chi connectivity index (χ1n) is 7.25. The molecule has 0 saturated heterocycles. The number of carboxylic acid groups (broad SMARTS) is 1. The average Bonchev–Trinajstić information content (AvgIpc) is 2.44. The Labute approximate surface area is 130 Å². The number of nitrogens with zero attached hydrogens (tertiary/aromatic N) is 1. The molecule has 0 amide bonds. The van der Waals surface area contributed by atoms with Gasteiger partial charge in [0.05, 0.1) is 5.56 Å². The fourth-order valence-corrected chi connectivity index (χ4v) is 2.77. The third-order valence-corrected chi connectivity index (χ3v) is 4.55. The van der Waals surface area contributed by atoms with Crippen LogP contribution in [0.3, 0.4) is 0 Å². The number of carboxylic acids is 1. The summed E-state index contributed by atoms with van der Waals surface area (Å²) < 4.78 is 0.875. The van der Waals surface area contributed by atoms with Crippen molar-refractivity contribution in [2.24, 2.45) is 5.92 Å². The summed E-state index contributed by atoms with van der Waals surface area (Å²) in [6, 6.07) is 5.26. The van der Waals surface area contributed by atoms with Crippen LogP contribution in [-0.4, -0.2) is 29.1 Å². The molecule has 20 heavy (non-hydrogen) atoms. The first-order valence-corrected chi connectivity index (χ1v) is 8.05. The Morgan fingerprint density at radius 2 is 1.95 bits per heavy atom. The SMILES string of the molecule is CCC(CC)CN(CC)Cc1ccc(C(=O)O)cc1Br. The van der Waals surface area contributed by atoms with Gasteiger partial charge in [-0.05, 0) is 30.2 Å². The number of aromatic carboxylic acids is 1. The van der Waals surface area contributed by atoms with Crippen LogP contribution in [0.2, 0.25) is 0 Å². The highest BCUT2D eigenvalue weighted by Gasteiger charge is 2.13. The second kappa shape index (κ2) is 8.42. The zero-order valence-electron chi connectivity index (χ0n) is 12.5. The van der Waals surface area contributed by atoms with E-state index in [0.717, 1.165) is 35.6 Å². The second-order valence-corrected chi connectivity index (χ2v) is 5.98. The van der Waals surface area contributed by atoms with E-state index >= 15 is 0 Å². The minimum Gasteiger partial charge on any atom is -0.478 e. The molecule has 0 aliphatic rings. The van der Waals surface area contributed by atoms with Crippen molar-refractivity contribution < 1.29 is 9.90 Å². The monoisotopic (exact) mass is 341 g/mol. The summed E-state index contributed by atoms with van der Waals surface area (Å²) in [6.45, 7) is 9.59. The minimum absolute atomic E-state index is 0.323. The van der Waals surface area contributed by atoms with Gasteiger partial charge in [0.25, 0.3) is 0 Å². The lowest BCUT2D eigenvalue weighted by Crippen LogP contribution is -2.28. The van der Waals surface area contributed by atoms with E-state index in [9.17, 15) is 4.79 Å². The Hall–Kier alpha value is -0.870. The van der Waals surface area contributed by atoms with Crippen molar-refractivity contribution in [3.63, 3.8) is 0 Å². The van der Waals surface area contributed by atoms with Crippen LogP contribution in [0.15, 0.2) is 22.7 Å². The molecule has 0 radical (unpaired) electrons. The van der Waals surface area contributed by atoms with Gasteiger partial charge in [0.15, 0.2) is 0 Å². The number of hydrogen-bond donors (Lipinski definition) is 1. The minimum atomic E-state index is -0.887. The molecule has 1 rings (SSSR count). The summed E-state index contributed by atoms with van der Waals surface area (Å²) in [4.78, 5) is 13.3. The van der Waals surface area contributed by atoms with E-state index in [4.69, 9.17) is 5.11 Å². The molecule has 1 N–H and O–H groups in total. The molecule has 4 heteroatoms. The van der Waals surface area contributed by atoms with Gasteiger partial charge >= 0.3 is 5.97 Å². The Morgan fingerprint density at radius 3 is 2.40 bits per heavy atom. The maximum atomic E-state index is 10.9. The molecule has 0 aliphatic carbocycles. The van der Waals surface area contributed by atoms with Crippen molar-refractivity contribution in [1.29, 1.82) is 0 Å². The molecule has 0 saturated carbocycles. The highest BCUT2D eigenvalue weighted by molar-refractivity contribution is 9.10. The van der Waals surface area contributed by atoms with Gasteiger partial charge in [-0.1, -0.05) is 55.6 Å². The van der Waals surface area contributed by atoms with Crippen LogP contribution in [0.4, 0.5) is 0 Å². The van der Waals surface area contributed by atoms with Crippen molar-refractivity contribution in [3.8, 4) is 0 Å². The van der Waals surface area contributed by atoms with Crippen LogP contribution in [0.5, 0.6) is 0 Å². The van der Waals surface area contributed by atoms with E-state index in [0.29, 0.717) is 5.56 Å². The molecule has 0 fully saturated rings. The highest BCUT2D eigenvalue weighted by atomic mass is 79.9. The summed E-state index contributed by atoms with van der Waals surface area (Å²) in [7, 11) is 0. The maximum Gasteiger partial charge on any atom is 0.335 e. The predicted molar refractivity (Wildman–Crippen MR) is 86.1 cm³/mol. The topological polar surface area (TPSA) is 40.5 Å². The number of rotatable bonds is 8. The van der Waals surface area contributed by atoms with E-state index < -0.39 is 5.97 Å². The standard InChI is InChI=1S/C16H24BrNO2/c1-4-12(5-2)10-18(6-3)11-14-8-7-13(16(19)20)9-15(14)17/h7-9,12H,4-6,10-11H2,1-3H3,(H,19,20). The zero-order valence-corrected chi connectivity index (χ0v) is 14.1. The fraction of sp³-hybridized carbons (Fsp3) is 0.562. The molecule has 3 nitrogen and oxygen atoms in total. The van der Waals surface area contributed by atoms with Crippen molar-refractivity contribution in [2.75, 3.05) is 13.1 Å². The molecule has 112 valence electrons. The Balaban J connectivity index is 2.77. The lowest BCUT2D eigenvalue weighted by molar-refractivity contribution is 0.0697. The van der Waals surface area contributed by atoms with Crippen LogP contribution >= 0.6 is 15.9 Å². The summed E-state index contributed by atoms with van der Waals surface area (Å²) in [5.41, 5.74) is 1.46. The first kappa shape index (κ1) is 17.2. The highest BCUT2D eigenvalue weighted by Crippen LogP contribution is 2.21. The van der Waals surface area contributed by atoms with Crippen LogP contribution in [0, 0.1) is 5.92 Å². The molecule has 0 heterocycles. The van der Waals surface area contributed by atoms with Gasteiger partial charge < -0.3 is 5.11 Å². The summed E-state index contributed by atoms with van der Waals surface area (Å²) in [5.74, 6) is -0.159. The molecule has 0 aliphatic heterocycles. The first-order chi connectivity index (χ1) is 9.51.